The van der Waals surface area contributed by atoms with Gasteiger partial charge in [0.05, 0.1) is 19.8 Å². The van der Waals surface area contributed by atoms with E-state index >= 15 is 0 Å². The Morgan fingerprint density at radius 2 is 1.02 bits per heavy atom. The summed E-state index contributed by atoms with van der Waals surface area (Å²) in [6, 6.07) is -0.0361. The van der Waals surface area contributed by atoms with Crippen LogP contribution in [0.15, 0.2) is 12.7 Å². The van der Waals surface area contributed by atoms with Crippen molar-refractivity contribution < 1.29 is 32.5 Å². The minimum Gasteiger partial charge on any atom is -0.460 e. The van der Waals surface area contributed by atoms with Gasteiger partial charge < -0.3 is 15.8 Å². The lowest BCUT2D eigenvalue weighted by Gasteiger charge is -2.24. The molecule has 0 heterocycles. The highest BCUT2D eigenvalue weighted by Crippen LogP contribution is 2.49. The van der Waals surface area contributed by atoms with Gasteiger partial charge in [-0.05, 0) is 32.1 Å². The Balaban J connectivity index is 5.21. The summed E-state index contributed by atoms with van der Waals surface area (Å²) >= 11 is 0. The van der Waals surface area contributed by atoms with Gasteiger partial charge in [0.15, 0.2) is 0 Å². The van der Waals surface area contributed by atoms with Crippen LogP contribution in [0.1, 0.15) is 239 Å². The summed E-state index contributed by atoms with van der Waals surface area (Å²) in [4.78, 5) is 26.3. The van der Waals surface area contributed by atoms with E-state index in [0.29, 0.717) is 25.7 Å². The van der Waals surface area contributed by atoms with Gasteiger partial charge in [-0.25, -0.2) is 4.57 Å². The molecule has 0 fully saturated rings. The summed E-state index contributed by atoms with van der Waals surface area (Å²) in [7, 11) is -3.94. The standard InChI is InChI=1S/C47H93N2O7P/c1-5-9-12-15-18-20-22-24-27-30-33-36-46(50)49-44(35-32-29-26-17-14-11-7-3)38-39-45(43-55-57(52,53-41-8-4)54-42-40-48)56-47(51)37-34-31-28-25-23-21-19-16-13-10-6-2/h8,44-45H,4-7,9-43,48H2,1-3H3,(H,49,50)/t44?,45-,57?/m0/s1. The quantitative estimate of drug-likeness (QED) is 0.0269. The van der Waals surface area contributed by atoms with E-state index in [1.54, 1.807) is 0 Å². The predicted octanol–water partition coefficient (Wildman–Crippen LogP) is 14.0. The van der Waals surface area contributed by atoms with Crippen LogP contribution in [0.3, 0.4) is 0 Å². The Morgan fingerprint density at radius 3 is 1.47 bits per heavy atom. The number of hydrogen-bond donors (Lipinski definition) is 2. The van der Waals surface area contributed by atoms with E-state index in [9.17, 15) is 14.2 Å². The summed E-state index contributed by atoms with van der Waals surface area (Å²) in [5, 5.41) is 3.33. The second kappa shape index (κ2) is 42.9. The maximum Gasteiger partial charge on any atom is 0.475 e. The number of nitrogens with one attached hydrogen (secondary N) is 1. The van der Waals surface area contributed by atoms with E-state index in [4.69, 9.17) is 24.0 Å². The van der Waals surface area contributed by atoms with E-state index < -0.39 is 13.9 Å². The number of carbonyl (C=O) groups excluding carboxylic acids is 2. The number of esters is 1. The Hall–Kier alpha value is -1.25. The zero-order chi connectivity index (χ0) is 41.9. The van der Waals surface area contributed by atoms with Crippen LogP contribution in [-0.4, -0.2) is 50.4 Å². The molecule has 57 heavy (non-hydrogen) atoms. The summed E-state index contributed by atoms with van der Waals surface area (Å²) in [5.74, 6) is -0.189. The van der Waals surface area contributed by atoms with Crippen LogP contribution in [0, 0.1) is 0 Å². The highest BCUT2D eigenvalue weighted by atomic mass is 31.2. The first kappa shape index (κ1) is 55.8. The highest BCUT2D eigenvalue weighted by molar-refractivity contribution is 7.48. The van der Waals surface area contributed by atoms with E-state index in [1.165, 1.54) is 147 Å². The van der Waals surface area contributed by atoms with Crippen LogP contribution in [0.4, 0.5) is 0 Å². The molecular weight excluding hydrogens is 735 g/mol. The van der Waals surface area contributed by atoms with E-state index in [1.807, 2.05) is 0 Å². The normalized spacial score (nSPS) is 13.6. The number of phosphoric ester groups is 1. The van der Waals surface area contributed by atoms with Crippen molar-refractivity contribution in [1.29, 1.82) is 0 Å². The van der Waals surface area contributed by atoms with Crippen molar-refractivity contribution in [3.05, 3.63) is 12.7 Å². The largest absolute Gasteiger partial charge is 0.475 e. The average molecular weight is 829 g/mol. The number of phosphoric acid groups is 1. The van der Waals surface area contributed by atoms with Crippen LogP contribution in [0.5, 0.6) is 0 Å². The maximum atomic E-state index is 13.3. The smallest absolute Gasteiger partial charge is 0.460 e. The van der Waals surface area contributed by atoms with Crippen LogP contribution >= 0.6 is 7.82 Å². The first-order valence-corrected chi connectivity index (χ1v) is 25.6. The second-order valence-corrected chi connectivity index (χ2v) is 18.1. The predicted molar refractivity (Wildman–Crippen MR) is 241 cm³/mol. The van der Waals surface area contributed by atoms with Crippen molar-refractivity contribution >= 4 is 19.7 Å². The molecule has 3 atom stereocenters. The van der Waals surface area contributed by atoms with Gasteiger partial charge in [0.1, 0.15) is 6.10 Å². The number of hydrogen-bond acceptors (Lipinski definition) is 8. The topological polar surface area (TPSA) is 126 Å². The minimum absolute atomic E-state index is 0.00338. The molecule has 0 aromatic heterocycles. The molecule has 0 rings (SSSR count). The SMILES string of the molecule is C=CCOP(=O)(OCCN)OC[C@H](CCC(CCCCCCCCC)NC(=O)CCCCCCCCCCCCC)OC(=O)CCCCCCCCCCCCC. The molecule has 0 saturated carbocycles. The van der Waals surface area contributed by atoms with Crippen molar-refractivity contribution in [3.63, 3.8) is 0 Å². The zero-order valence-electron chi connectivity index (χ0n) is 37.7. The fraction of sp³-hybridized carbons (Fsp3) is 0.915. The third-order valence-electron chi connectivity index (χ3n) is 10.8. The molecule has 10 heteroatoms. The molecule has 9 nitrogen and oxygen atoms in total. The first-order valence-electron chi connectivity index (χ1n) is 24.2. The molecule has 0 radical (unpaired) electrons. The lowest BCUT2D eigenvalue weighted by Crippen LogP contribution is -2.36. The van der Waals surface area contributed by atoms with Gasteiger partial charge in [0.2, 0.25) is 5.91 Å². The lowest BCUT2D eigenvalue weighted by molar-refractivity contribution is -0.151. The number of nitrogens with two attached hydrogens (primary N) is 1. The maximum absolute atomic E-state index is 13.3. The van der Waals surface area contributed by atoms with Gasteiger partial charge in [-0.2, -0.15) is 0 Å². The molecule has 0 aromatic rings. The van der Waals surface area contributed by atoms with Crippen LogP contribution < -0.4 is 11.1 Å². The molecule has 338 valence electrons. The third-order valence-corrected chi connectivity index (χ3v) is 12.2. The molecule has 0 bridgehead atoms. The summed E-state index contributed by atoms with van der Waals surface area (Å²) < 4.78 is 35.8. The summed E-state index contributed by atoms with van der Waals surface area (Å²) in [6.45, 7) is 10.4. The molecule has 0 spiro atoms. The molecule has 2 unspecified atom stereocenters. The van der Waals surface area contributed by atoms with Gasteiger partial charge >= 0.3 is 13.8 Å². The second-order valence-electron chi connectivity index (χ2n) is 16.4. The molecule has 0 aliphatic carbocycles. The number of unbranched alkanes of at least 4 members (excludes halogenated alkanes) is 26. The lowest BCUT2D eigenvalue weighted by atomic mass is 10.00. The highest BCUT2D eigenvalue weighted by Gasteiger charge is 2.29. The summed E-state index contributed by atoms with van der Waals surface area (Å²) in [5.41, 5.74) is 5.60. The van der Waals surface area contributed by atoms with Crippen molar-refractivity contribution in [1.82, 2.24) is 5.32 Å². The molecule has 0 aromatic carbocycles. The Bertz CT molecular complexity index is 953. The molecule has 0 saturated heterocycles. The van der Waals surface area contributed by atoms with Gasteiger partial charge in [-0.1, -0.05) is 200 Å². The first-order chi connectivity index (χ1) is 27.8. The molecular formula is C47H93N2O7P. The molecule has 0 aliphatic heterocycles. The van der Waals surface area contributed by atoms with Crippen molar-refractivity contribution in [2.24, 2.45) is 5.73 Å². The van der Waals surface area contributed by atoms with Gasteiger partial charge in [-0.3, -0.25) is 23.2 Å². The Labute approximate surface area is 352 Å². The molecule has 0 aliphatic rings. The van der Waals surface area contributed by atoms with E-state index in [0.717, 1.165) is 51.4 Å². The van der Waals surface area contributed by atoms with Gasteiger partial charge in [-0.15, -0.1) is 6.58 Å². The van der Waals surface area contributed by atoms with Crippen molar-refractivity contribution in [3.8, 4) is 0 Å². The third kappa shape index (κ3) is 38.7. The van der Waals surface area contributed by atoms with Gasteiger partial charge in [0, 0.05) is 25.4 Å². The molecule has 3 N–H and O–H groups in total. The number of amides is 1. The average Bonchev–Trinajstić information content (AvgIpc) is 3.20. The van der Waals surface area contributed by atoms with E-state index in [2.05, 4.69) is 32.7 Å². The van der Waals surface area contributed by atoms with E-state index in [-0.39, 0.29) is 44.3 Å². The Morgan fingerprint density at radius 1 is 0.579 bits per heavy atom. The zero-order valence-corrected chi connectivity index (χ0v) is 38.6. The minimum atomic E-state index is -3.94. The van der Waals surface area contributed by atoms with Gasteiger partial charge in [0.25, 0.3) is 0 Å². The number of rotatable bonds is 46. The van der Waals surface area contributed by atoms with Crippen molar-refractivity contribution in [2.45, 2.75) is 251 Å². The van der Waals surface area contributed by atoms with Crippen LogP contribution in [0.25, 0.3) is 0 Å². The fourth-order valence-electron chi connectivity index (χ4n) is 7.22. The number of ether oxygens (including phenoxy) is 1. The van der Waals surface area contributed by atoms with Crippen LogP contribution in [-0.2, 0) is 32.5 Å². The number of carbonyl (C=O) groups is 2. The van der Waals surface area contributed by atoms with Crippen LogP contribution in [0.2, 0.25) is 0 Å². The Kier molecular flexibility index (Phi) is 41.9. The monoisotopic (exact) mass is 829 g/mol. The molecule has 1 amide bonds. The summed E-state index contributed by atoms with van der Waals surface area (Å²) in [6.07, 6.45) is 39.1. The van der Waals surface area contributed by atoms with Crippen molar-refractivity contribution in [2.75, 3.05) is 26.4 Å². The fourth-order valence-corrected chi connectivity index (χ4v) is 8.41.